The van der Waals surface area contributed by atoms with Crippen LogP contribution in [-0.2, 0) is 5.75 Å². The first-order chi connectivity index (χ1) is 7.15. The van der Waals surface area contributed by atoms with Crippen molar-refractivity contribution in [2.24, 2.45) is 0 Å². The summed E-state index contributed by atoms with van der Waals surface area (Å²) in [4.78, 5) is 0. The average molecular weight is 247 g/mol. The Morgan fingerprint density at radius 3 is 3.00 bits per heavy atom. The number of aliphatic hydroxyl groups is 1. The van der Waals surface area contributed by atoms with E-state index in [1.165, 1.54) is 6.07 Å². The lowest BCUT2D eigenvalue weighted by Crippen LogP contribution is -2.22. The lowest BCUT2D eigenvalue weighted by molar-refractivity contribution is 0.165. The number of halogens is 2. The predicted molar refractivity (Wildman–Crippen MR) is 61.7 cm³/mol. The van der Waals surface area contributed by atoms with Gasteiger partial charge in [-0.15, -0.1) is 0 Å². The Morgan fingerprint density at radius 1 is 1.60 bits per heavy atom. The zero-order valence-electron chi connectivity index (χ0n) is 8.34. The summed E-state index contributed by atoms with van der Waals surface area (Å²) in [6.07, 6.45) is 0.0967. The third-order valence-electron chi connectivity index (χ3n) is 2.74. The fourth-order valence-corrected chi connectivity index (χ4v) is 3.44. The van der Waals surface area contributed by atoms with Crippen molar-refractivity contribution in [2.45, 2.75) is 30.5 Å². The van der Waals surface area contributed by atoms with Crippen molar-refractivity contribution >= 4 is 23.4 Å². The van der Waals surface area contributed by atoms with E-state index in [9.17, 15) is 9.50 Å². The summed E-state index contributed by atoms with van der Waals surface area (Å²) in [6.45, 7) is 1.99. The number of benzene rings is 1. The lowest BCUT2D eigenvalue weighted by atomic mass is 9.98. The molecule has 1 N–H and O–H groups in total. The molecule has 2 unspecified atom stereocenters. The average Bonchev–Trinajstić information content (AvgIpc) is 2.23. The zero-order chi connectivity index (χ0) is 11.0. The maximum atomic E-state index is 13.6. The molecular weight excluding hydrogens is 235 g/mol. The highest BCUT2D eigenvalue weighted by atomic mass is 35.5. The van der Waals surface area contributed by atoms with Crippen molar-refractivity contribution in [3.63, 3.8) is 0 Å². The largest absolute Gasteiger partial charge is 0.387 e. The number of rotatable bonds is 1. The Hall–Kier alpha value is -0.250. The van der Waals surface area contributed by atoms with Gasteiger partial charge in [0.2, 0.25) is 0 Å². The van der Waals surface area contributed by atoms with Gasteiger partial charge in [-0.05, 0) is 24.1 Å². The predicted octanol–water partition coefficient (Wildman–Crippen LogP) is 3.54. The standard InChI is InChI=1S/C11H12ClFOS/c1-2-9-11(14)10-6(5-15-9)7(12)3-4-8(10)13/h3-4,9,11,14H,2,5H2,1H3. The van der Waals surface area contributed by atoms with E-state index in [2.05, 4.69) is 0 Å². The third kappa shape index (κ3) is 1.88. The molecule has 0 amide bonds. The molecule has 2 atom stereocenters. The SMILES string of the molecule is CCC1SCc2c(Cl)ccc(F)c2C1O. The number of thioether (sulfide) groups is 1. The van der Waals surface area contributed by atoms with Gasteiger partial charge in [-0.1, -0.05) is 18.5 Å². The Bertz CT molecular complexity index is 383. The molecule has 1 aliphatic rings. The molecule has 0 saturated carbocycles. The van der Waals surface area contributed by atoms with E-state index in [4.69, 9.17) is 11.6 Å². The van der Waals surface area contributed by atoms with Crippen molar-refractivity contribution in [3.8, 4) is 0 Å². The van der Waals surface area contributed by atoms with Crippen molar-refractivity contribution in [1.29, 1.82) is 0 Å². The fourth-order valence-electron chi connectivity index (χ4n) is 1.88. The summed E-state index contributed by atoms with van der Waals surface area (Å²) in [5, 5.41) is 10.6. The molecule has 1 heterocycles. The van der Waals surface area contributed by atoms with E-state index >= 15 is 0 Å². The summed E-state index contributed by atoms with van der Waals surface area (Å²) >= 11 is 7.61. The Balaban J connectivity index is 2.50. The van der Waals surface area contributed by atoms with E-state index in [1.54, 1.807) is 17.8 Å². The van der Waals surface area contributed by atoms with Crippen LogP contribution in [0, 0.1) is 5.82 Å². The molecule has 0 aromatic heterocycles. The summed E-state index contributed by atoms with van der Waals surface area (Å²) in [5.41, 5.74) is 1.15. The van der Waals surface area contributed by atoms with E-state index in [1.807, 2.05) is 6.92 Å². The molecule has 4 heteroatoms. The minimum atomic E-state index is -0.734. The Morgan fingerprint density at radius 2 is 2.33 bits per heavy atom. The van der Waals surface area contributed by atoms with Crippen molar-refractivity contribution in [2.75, 3.05) is 0 Å². The molecule has 0 fully saturated rings. The van der Waals surface area contributed by atoms with E-state index in [0.29, 0.717) is 16.3 Å². The quantitative estimate of drug-likeness (QED) is 0.818. The van der Waals surface area contributed by atoms with Crippen LogP contribution in [0.5, 0.6) is 0 Å². The first kappa shape index (κ1) is 11.2. The number of hydrogen-bond acceptors (Lipinski definition) is 2. The summed E-state index contributed by atoms with van der Waals surface area (Å²) in [7, 11) is 0. The molecule has 0 radical (unpaired) electrons. The molecule has 0 aliphatic carbocycles. The van der Waals surface area contributed by atoms with E-state index in [-0.39, 0.29) is 11.1 Å². The Kier molecular flexibility index (Phi) is 3.24. The van der Waals surface area contributed by atoms with Gasteiger partial charge in [0.25, 0.3) is 0 Å². The minimum Gasteiger partial charge on any atom is -0.387 e. The molecular formula is C11H12ClFOS. The first-order valence-electron chi connectivity index (χ1n) is 4.91. The van der Waals surface area contributed by atoms with Gasteiger partial charge in [-0.2, -0.15) is 11.8 Å². The molecule has 1 aliphatic heterocycles. The van der Waals surface area contributed by atoms with Crippen LogP contribution in [0.15, 0.2) is 12.1 Å². The van der Waals surface area contributed by atoms with Gasteiger partial charge in [0, 0.05) is 21.6 Å². The van der Waals surface area contributed by atoms with Gasteiger partial charge in [0.05, 0.1) is 6.10 Å². The molecule has 1 nitrogen and oxygen atoms in total. The maximum Gasteiger partial charge on any atom is 0.129 e. The summed E-state index contributed by atoms with van der Waals surface area (Å²) in [5.74, 6) is 0.335. The monoisotopic (exact) mass is 246 g/mol. The van der Waals surface area contributed by atoms with Gasteiger partial charge in [-0.3, -0.25) is 0 Å². The van der Waals surface area contributed by atoms with Crippen molar-refractivity contribution < 1.29 is 9.50 Å². The van der Waals surface area contributed by atoms with Crippen LogP contribution in [0.4, 0.5) is 4.39 Å². The van der Waals surface area contributed by atoms with Crippen LogP contribution in [0.25, 0.3) is 0 Å². The van der Waals surface area contributed by atoms with Crippen LogP contribution in [0.2, 0.25) is 5.02 Å². The van der Waals surface area contributed by atoms with Gasteiger partial charge in [0.15, 0.2) is 0 Å². The highest BCUT2D eigenvalue weighted by Crippen LogP contribution is 2.42. The van der Waals surface area contributed by atoms with Crippen LogP contribution in [-0.4, -0.2) is 10.4 Å². The topological polar surface area (TPSA) is 20.2 Å². The first-order valence-corrected chi connectivity index (χ1v) is 6.34. The van der Waals surface area contributed by atoms with Crippen LogP contribution >= 0.6 is 23.4 Å². The number of hydrogen-bond donors (Lipinski definition) is 1. The van der Waals surface area contributed by atoms with Crippen molar-refractivity contribution in [3.05, 3.63) is 34.1 Å². The van der Waals surface area contributed by atoms with Gasteiger partial charge in [-0.25, -0.2) is 4.39 Å². The maximum absolute atomic E-state index is 13.6. The summed E-state index contributed by atoms with van der Waals surface area (Å²) in [6, 6.07) is 2.88. The molecule has 0 bridgehead atoms. The molecule has 1 aromatic carbocycles. The zero-order valence-corrected chi connectivity index (χ0v) is 9.91. The highest BCUT2D eigenvalue weighted by molar-refractivity contribution is 7.99. The number of fused-ring (bicyclic) bond motifs is 1. The van der Waals surface area contributed by atoms with Gasteiger partial charge >= 0.3 is 0 Å². The van der Waals surface area contributed by atoms with Gasteiger partial charge < -0.3 is 5.11 Å². The minimum absolute atomic E-state index is 0.0745. The molecule has 82 valence electrons. The second kappa shape index (κ2) is 4.32. The smallest absolute Gasteiger partial charge is 0.129 e. The van der Waals surface area contributed by atoms with Crippen LogP contribution < -0.4 is 0 Å². The van der Waals surface area contributed by atoms with Gasteiger partial charge in [0.1, 0.15) is 5.82 Å². The number of aliphatic hydroxyl groups excluding tert-OH is 1. The van der Waals surface area contributed by atoms with E-state index < -0.39 is 6.10 Å². The van der Waals surface area contributed by atoms with Crippen LogP contribution in [0.3, 0.4) is 0 Å². The second-order valence-electron chi connectivity index (χ2n) is 3.62. The van der Waals surface area contributed by atoms with E-state index in [0.717, 1.165) is 12.0 Å². The fraction of sp³-hybridized carbons (Fsp3) is 0.455. The normalized spacial score (nSPS) is 25.1. The second-order valence-corrected chi connectivity index (χ2v) is 5.26. The Labute approximate surface area is 97.6 Å². The highest BCUT2D eigenvalue weighted by Gasteiger charge is 2.31. The molecule has 0 saturated heterocycles. The lowest BCUT2D eigenvalue weighted by Gasteiger charge is -2.29. The molecule has 2 rings (SSSR count). The molecule has 15 heavy (non-hydrogen) atoms. The summed E-state index contributed by atoms with van der Waals surface area (Å²) < 4.78 is 13.6. The van der Waals surface area contributed by atoms with Crippen LogP contribution in [0.1, 0.15) is 30.6 Å². The molecule has 1 aromatic rings. The molecule has 0 spiro atoms. The van der Waals surface area contributed by atoms with Crippen molar-refractivity contribution in [1.82, 2.24) is 0 Å². The third-order valence-corrected chi connectivity index (χ3v) is 4.57.